The lowest BCUT2D eigenvalue weighted by molar-refractivity contribution is 0.264. The van der Waals surface area contributed by atoms with E-state index in [4.69, 9.17) is 16.3 Å². The van der Waals surface area contributed by atoms with Gasteiger partial charge in [-0.25, -0.2) is 19.0 Å². The number of nitrogens with zero attached hydrogens (tertiary/aromatic N) is 6. The van der Waals surface area contributed by atoms with Crippen molar-refractivity contribution in [3.63, 3.8) is 0 Å². The van der Waals surface area contributed by atoms with Gasteiger partial charge in [0.15, 0.2) is 11.6 Å². The molecule has 2 bridgehead atoms. The normalized spacial score (nSPS) is 22.7. The fourth-order valence-electron chi connectivity index (χ4n) is 4.94. The molecule has 0 N–H and O–H groups in total. The van der Waals surface area contributed by atoms with Crippen LogP contribution in [0.3, 0.4) is 0 Å². The fraction of sp³-hybridized carbons (Fsp3) is 0.455. The van der Waals surface area contributed by atoms with E-state index in [0.29, 0.717) is 23.8 Å². The lowest BCUT2D eigenvalue weighted by atomic mass is 9.82. The summed E-state index contributed by atoms with van der Waals surface area (Å²) in [5.41, 5.74) is 0.989. The molecule has 3 atom stereocenters. The van der Waals surface area contributed by atoms with Crippen LogP contribution in [0.25, 0.3) is 0 Å². The van der Waals surface area contributed by atoms with Gasteiger partial charge in [0.2, 0.25) is 0 Å². The highest BCUT2D eigenvalue weighted by molar-refractivity contribution is 6.32. The second-order valence-corrected chi connectivity index (χ2v) is 8.85. The van der Waals surface area contributed by atoms with Crippen molar-refractivity contribution in [2.75, 3.05) is 18.0 Å². The van der Waals surface area contributed by atoms with E-state index in [-0.39, 0.29) is 10.8 Å². The SMILES string of the molecule is Cc1cc(N2C[C@H]3CC[C@@H](C2)C3Cc2nc(Oc3cccc(F)c3Cl)n(C)n2)ncn1. The lowest BCUT2D eigenvalue weighted by Crippen LogP contribution is -2.43. The van der Waals surface area contributed by atoms with Gasteiger partial charge in [-0.05, 0) is 49.7 Å². The molecule has 2 fully saturated rings. The Labute approximate surface area is 185 Å². The predicted octanol–water partition coefficient (Wildman–Crippen LogP) is 4.20. The quantitative estimate of drug-likeness (QED) is 0.589. The molecular weight excluding hydrogens is 419 g/mol. The zero-order valence-corrected chi connectivity index (χ0v) is 18.3. The van der Waals surface area contributed by atoms with Crippen molar-refractivity contribution in [3.05, 3.63) is 53.0 Å². The molecule has 9 heteroatoms. The molecule has 3 heterocycles. The maximum absolute atomic E-state index is 13.7. The number of ether oxygens (including phenoxy) is 1. The maximum Gasteiger partial charge on any atom is 0.320 e. The third-order valence-electron chi connectivity index (χ3n) is 6.45. The number of anilines is 1. The van der Waals surface area contributed by atoms with Gasteiger partial charge in [-0.3, -0.25) is 0 Å². The monoisotopic (exact) mass is 442 g/mol. The number of hydrogen-bond acceptors (Lipinski definition) is 6. The first-order chi connectivity index (χ1) is 15.0. The molecule has 0 amide bonds. The number of aryl methyl sites for hydroxylation is 2. The summed E-state index contributed by atoms with van der Waals surface area (Å²) in [6.07, 6.45) is 4.87. The van der Waals surface area contributed by atoms with E-state index in [0.717, 1.165) is 36.8 Å². The fourth-order valence-corrected chi connectivity index (χ4v) is 5.10. The highest BCUT2D eigenvalue weighted by Crippen LogP contribution is 2.44. The molecule has 1 aliphatic carbocycles. The van der Waals surface area contributed by atoms with E-state index in [9.17, 15) is 4.39 Å². The van der Waals surface area contributed by atoms with Gasteiger partial charge in [0, 0.05) is 38.3 Å². The molecule has 3 aromatic rings. The van der Waals surface area contributed by atoms with Crippen LogP contribution < -0.4 is 9.64 Å². The van der Waals surface area contributed by atoms with Gasteiger partial charge in [0.05, 0.1) is 0 Å². The van der Waals surface area contributed by atoms with Crippen molar-refractivity contribution in [1.82, 2.24) is 24.7 Å². The summed E-state index contributed by atoms with van der Waals surface area (Å²) in [6.45, 7) is 3.98. The van der Waals surface area contributed by atoms with Crippen LogP contribution in [0.15, 0.2) is 30.6 Å². The highest BCUT2D eigenvalue weighted by atomic mass is 35.5. The summed E-state index contributed by atoms with van der Waals surface area (Å²) in [6, 6.07) is 6.83. The van der Waals surface area contributed by atoms with Crippen molar-refractivity contribution in [2.24, 2.45) is 24.8 Å². The number of rotatable bonds is 5. The first kappa shape index (κ1) is 20.2. The molecule has 5 rings (SSSR count). The average molecular weight is 443 g/mol. The molecule has 31 heavy (non-hydrogen) atoms. The van der Waals surface area contributed by atoms with Crippen LogP contribution in [-0.2, 0) is 13.5 Å². The van der Waals surface area contributed by atoms with Crippen LogP contribution in [0.2, 0.25) is 5.02 Å². The summed E-state index contributed by atoms with van der Waals surface area (Å²) in [7, 11) is 1.77. The van der Waals surface area contributed by atoms with Gasteiger partial charge in [-0.1, -0.05) is 17.7 Å². The molecule has 2 aliphatic rings. The van der Waals surface area contributed by atoms with Crippen LogP contribution in [0.4, 0.5) is 10.2 Å². The Morgan fingerprint density at radius 3 is 2.71 bits per heavy atom. The third kappa shape index (κ3) is 3.96. The Morgan fingerprint density at radius 2 is 1.97 bits per heavy atom. The van der Waals surface area contributed by atoms with Crippen LogP contribution in [0.1, 0.15) is 24.4 Å². The van der Waals surface area contributed by atoms with Gasteiger partial charge in [-0.15, -0.1) is 0 Å². The first-order valence-corrected chi connectivity index (χ1v) is 10.9. The zero-order valence-electron chi connectivity index (χ0n) is 17.5. The Bertz CT molecular complexity index is 1090. The van der Waals surface area contributed by atoms with Crippen molar-refractivity contribution >= 4 is 17.4 Å². The van der Waals surface area contributed by atoms with E-state index in [2.05, 4.69) is 31.0 Å². The van der Waals surface area contributed by atoms with Crippen LogP contribution in [-0.4, -0.2) is 37.8 Å². The lowest BCUT2D eigenvalue weighted by Gasteiger charge is -2.38. The molecule has 1 aliphatic heterocycles. The van der Waals surface area contributed by atoms with E-state index >= 15 is 0 Å². The van der Waals surface area contributed by atoms with Crippen LogP contribution in [0, 0.1) is 30.5 Å². The minimum absolute atomic E-state index is 0.0579. The minimum atomic E-state index is -0.524. The van der Waals surface area contributed by atoms with Gasteiger partial charge < -0.3 is 9.64 Å². The third-order valence-corrected chi connectivity index (χ3v) is 6.81. The second kappa shape index (κ2) is 8.07. The van der Waals surface area contributed by atoms with E-state index in [1.54, 1.807) is 30.2 Å². The average Bonchev–Trinajstić information content (AvgIpc) is 3.19. The Hall–Kier alpha value is -2.74. The topological polar surface area (TPSA) is 69.0 Å². The maximum atomic E-state index is 13.7. The Balaban J connectivity index is 1.29. The Morgan fingerprint density at radius 1 is 1.19 bits per heavy atom. The van der Waals surface area contributed by atoms with Crippen LogP contribution in [0.5, 0.6) is 11.8 Å². The molecular formula is C22H24ClFN6O. The number of piperidine rings is 1. The summed E-state index contributed by atoms with van der Waals surface area (Å²) < 4.78 is 21.0. The van der Waals surface area contributed by atoms with E-state index in [1.165, 1.54) is 18.9 Å². The van der Waals surface area contributed by atoms with Crippen molar-refractivity contribution in [3.8, 4) is 11.8 Å². The van der Waals surface area contributed by atoms with Crippen molar-refractivity contribution in [1.29, 1.82) is 0 Å². The van der Waals surface area contributed by atoms with Crippen molar-refractivity contribution in [2.45, 2.75) is 26.2 Å². The molecule has 1 saturated carbocycles. The number of halogens is 2. The summed E-state index contributed by atoms with van der Waals surface area (Å²) in [5, 5.41) is 4.49. The number of aromatic nitrogens is 5. The second-order valence-electron chi connectivity index (χ2n) is 8.48. The summed E-state index contributed by atoms with van der Waals surface area (Å²) in [5.74, 6) is 3.17. The first-order valence-electron chi connectivity index (χ1n) is 10.5. The van der Waals surface area contributed by atoms with Gasteiger partial charge in [-0.2, -0.15) is 10.1 Å². The molecule has 7 nitrogen and oxygen atoms in total. The van der Waals surface area contributed by atoms with Crippen molar-refractivity contribution < 1.29 is 9.13 Å². The largest absolute Gasteiger partial charge is 0.423 e. The smallest absolute Gasteiger partial charge is 0.320 e. The van der Waals surface area contributed by atoms with Gasteiger partial charge >= 0.3 is 6.01 Å². The van der Waals surface area contributed by atoms with Gasteiger partial charge in [0.1, 0.15) is 23.0 Å². The standard InChI is InChI=1S/C22H24ClFN6O/c1-13-8-20(26-12-25-13)30-10-14-6-7-15(11-30)16(14)9-19-27-22(29(2)28-19)31-18-5-3-4-17(24)21(18)23/h3-5,8,12,14-16H,6-7,9-11H2,1-2H3/t14-,15+,16?. The zero-order chi connectivity index (χ0) is 21.5. The van der Waals surface area contributed by atoms with Gasteiger partial charge in [0.25, 0.3) is 0 Å². The number of fused-ring (bicyclic) bond motifs is 2. The highest BCUT2D eigenvalue weighted by Gasteiger charge is 2.42. The number of benzene rings is 1. The number of hydrogen-bond donors (Lipinski definition) is 0. The molecule has 1 saturated heterocycles. The molecule has 162 valence electrons. The van der Waals surface area contributed by atoms with Crippen LogP contribution >= 0.6 is 11.6 Å². The molecule has 0 spiro atoms. The van der Waals surface area contributed by atoms with E-state index < -0.39 is 5.82 Å². The predicted molar refractivity (Wildman–Crippen MR) is 115 cm³/mol. The Kier molecular flexibility index (Phi) is 5.25. The van der Waals surface area contributed by atoms with E-state index in [1.807, 2.05) is 6.92 Å². The molecule has 1 unspecified atom stereocenters. The summed E-state index contributed by atoms with van der Waals surface area (Å²) in [4.78, 5) is 15.6. The molecule has 0 radical (unpaired) electrons. The molecule has 2 aromatic heterocycles. The molecule has 1 aromatic carbocycles. The minimum Gasteiger partial charge on any atom is -0.423 e. The summed E-state index contributed by atoms with van der Waals surface area (Å²) >= 11 is 6.01.